The number of aromatic nitrogens is 1. The topological polar surface area (TPSA) is 54.1 Å². The van der Waals surface area contributed by atoms with Crippen molar-refractivity contribution in [3.8, 4) is 5.75 Å². The summed E-state index contributed by atoms with van der Waals surface area (Å²) in [5.41, 5.74) is 1.86. The van der Waals surface area contributed by atoms with Crippen molar-refractivity contribution in [3.63, 3.8) is 0 Å². The number of amides is 1. The number of rotatable bonds is 7. The highest BCUT2D eigenvalue weighted by Crippen LogP contribution is 2.41. The van der Waals surface area contributed by atoms with Gasteiger partial charge in [0.15, 0.2) is 0 Å². The fourth-order valence-corrected chi connectivity index (χ4v) is 3.79. The minimum atomic E-state index is -4.31. The zero-order chi connectivity index (χ0) is 22.0. The molecule has 1 aliphatic carbocycles. The number of alkyl halides is 3. The van der Waals surface area contributed by atoms with Crippen LogP contribution in [0.2, 0.25) is 0 Å². The molecule has 31 heavy (non-hydrogen) atoms. The Morgan fingerprint density at radius 2 is 1.94 bits per heavy atom. The van der Waals surface area contributed by atoms with Gasteiger partial charge < -0.3 is 15.0 Å². The zero-order valence-corrected chi connectivity index (χ0v) is 16.8. The van der Waals surface area contributed by atoms with Crippen LogP contribution in [0.1, 0.15) is 42.7 Å². The number of ether oxygens (including phenoxy) is 1. The molecule has 4 nitrogen and oxygen atoms in total. The van der Waals surface area contributed by atoms with Crippen LogP contribution in [-0.4, -0.2) is 17.0 Å². The van der Waals surface area contributed by atoms with E-state index >= 15 is 0 Å². The van der Waals surface area contributed by atoms with Gasteiger partial charge in [-0.3, -0.25) is 4.79 Å². The molecule has 162 valence electrons. The molecule has 1 aliphatic rings. The summed E-state index contributed by atoms with van der Waals surface area (Å²) in [6.07, 6.45) is 1.65. The van der Waals surface area contributed by atoms with Gasteiger partial charge in [0, 0.05) is 23.5 Å². The third-order valence-electron chi connectivity index (χ3n) is 5.61. The molecule has 0 unspecified atom stereocenters. The van der Waals surface area contributed by atoms with Crippen LogP contribution in [0, 0.1) is 0 Å². The van der Waals surface area contributed by atoms with E-state index in [0.717, 1.165) is 41.4 Å². The molecular formula is C24H23F3N2O2. The number of halogens is 3. The lowest BCUT2D eigenvalue weighted by molar-refractivity contribution is -0.137. The Labute approximate surface area is 178 Å². The first kappa shape index (κ1) is 21.0. The smallest absolute Gasteiger partial charge is 0.416 e. The van der Waals surface area contributed by atoms with Gasteiger partial charge in [-0.25, -0.2) is 0 Å². The maximum Gasteiger partial charge on any atom is 0.416 e. The van der Waals surface area contributed by atoms with Gasteiger partial charge in [0.05, 0.1) is 17.4 Å². The molecule has 0 bridgehead atoms. The first-order valence-electron chi connectivity index (χ1n) is 10.2. The van der Waals surface area contributed by atoms with Gasteiger partial charge in [-0.15, -0.1) is 6.58 Å². The van der Waals surface area contributed by atoms with Gasteiger partial charge in [0.1, 0.15) is 5.75 Å². The molecule has 1 heterocycles. The number of anilines is 1. The highest BCUT2D eigenvalue weighted by Gasteiger charge is 2.34. The summed E-state index contributed by atoms with van der Waals surface area (Å²) >= 11 is 0. The lowest BCUT2D eigenvalue weighted by Gasteiger charge is -2.35. The van der Waals surface area contributed by atoms with Gasteiger partial charge in [-0.1, -0.05) is 18.2 Å². The molecule has 7 heteroatoms. The number of carbonyl (C=O) groups excluding carboxylic acids is 1. The Hall–Kier alpha value is -3.22. The maximum atomic E-state index is 12.7. The standard InChI is InChI=1S/C24H23F3N2O2/c1-2-3-4-23(30)29-22-14-28-21-10-9-18(13-20(21)22)31-19-11-16(12-19)15-5-7-17(8-6-15)24(25,26)27/h2,5-10,13-14,16,19,28H,1,3-4,11-12H2,(H,29,30). The fourth-order valence-electron chi connectivity index (χ4n) is 3.79. The third-order valence-corrected chi connectivity index (χ3v) is 5.61. The molecule has 0 atom stereocenters. The predicted octanol–water partition coefficient (Wildman–Crippen LogP) is 6.42. The van der Waals surface area contributed by atoms with Gasteiger partial charge in [-0.2, -0.15) is 13.2 Å². The molecule has 0 saturated heterocycles. The molecule has 1 amide bonds. The number of fused-ring (bicyclic) bond motifs is 1. The predicted molar refractivity (Wildman–Crippen MR) is 114 cm³/mol. The highest BCUT2D eigenvalue weighted by molar-refractivity contribution is 6.02. The summed E-state index contributed by atoms with van der Waals surface area (Å²) in [6, 6.07) is 11.0. The summed E-state index contributed by atoms with van der Waals surface area (Å²) < 4.78 is 44.2. The van der Waals surface area contributed by atoms with Crippen molar-refractivity contribution >= 4 is 22.5 Å². The van der Waals surface area contributed by atoms with E-state index in [9.17, 15) is 18.0 Å². The molecular weight excluding hydrogens is 405 g/mol. The van der Waals surface area contributed by atoms with Crippen molar-refractivity contribution < 1.29 is 22.7 Å². The number of carbonyl (C=O) groups is 1. The van der Waals surface area contributed by atoms with E-state index in [2.05, 4.69) is 16.9 Å². The Balaban J connectivity index is 1.37. The van der Waals surface area contributed by atoms with E-state index in [1.54, 1.807) is 24.4 Å². The van der Waals surface area contributed by atoms with Crippen LogP contribution >= 0.6 is 0 Å². The molecule has 2 aromatic carbocycles. The van der Waals surface area contributed by atoms with Crippen molar-refractivity contribution in [2.45, 2.75) is 43.9 Å². The summed E-state index contributed by atoms with van der Waals surface area (Å²) in [7, 11) is 0. The third kappa shape index (κ3) is 4.76. The van der Waals surface area contributed by atoms with Gasteiger partial charge >= 0.3 is 6.18 Å². The Morgan fingerprint density at radius 1 is 1.19 bits per heavy atom. The largest absolute Gasteiger partial charge is 0.490 e. The second-order valence-electron chi connectivity index (χ2n) is 7.81. The van der Waals surface area contributed by atoms with Gasteiger partial charge in [0.25, 0.3) is 0 Å². The summed E-state index contributed by atoms with van der Waals surface area (Å²) in [5.74, 6) is 0.818. The van der Waals surface area contributed by atoms with Crippen LogP contribution in [-0.2, 0) is 11.0 Å². The maximum absolute atomic E-state index is 12.7. The van der Waals surface area contributed by atoms with E-state index in [1.807, 2.05) is 18.2 Å². The van der Waals surface area contributed by atoms with Crippen LogP contribution in [0.4, 0.5) is 18.9 Å². The summed E-state index contributed by atoms with van der Waals surface area (Å²) in [6.45, 7) is 3.62. The number of aromatic amines is 1. The average molecular weight is 428 g/mol. The van der Waals surface area contributed by atoms with Crippen molar-refractivity contribution in [1.29, 1.82) is 0 Å². The summed E-state index contributed by atoms with van der Waals surface area (Å²) in [5, 5.41) is 3.76. The molecule has 2 N–H and O–H groups in total. The molecule has 0 radical (unpaired) electrons. The number of nitrogens with one attached hydrogen (secondary N) is 2. The van der Waals surface area contributed by atoms with E-state index in [4.69, 9.17) is 4.74 Å². The lowest BCUT2D eigenvalue weighted by atomic mass is 9.77. The lowest BCUT2D eigenvalue weighted by Crippen LogP contribution is -2.32. The van der Waals surface area contributed by atoms with Gasteiger partial charge in [-0.05, 0) is 61.1 Å². The number of allylic oxidation sites excluding steroid dienone is 1. The first-order chi connectivity index (χ1) is 14.8. The molecule has 0 spiro atoms. The van der Waals surface area contributed by atoms with Crippen molar-refractivity contribution in [3.05, 3.63) is 72.4 Å². The Kier molecular flexibility index (Phi) is 5.76. The van der Waals surface area contributed by atoms with E-state index in [-0.39, 0.29) is 17.9 Å². The van der Waals surface area contributed by atoms with Crippen LogP contribution in [0.5, 0.6) is 5.75 Å². The molecule has 0 aliphatic heterocycles. The molecule has 3 aromatic rings. The molecule has 1 aromatic heterocycles. The Morgan fingerprint density at radius 3 is 2.61 bits per heavy atom. The monoisotopic (exact) mass is 428 g/mol. The van der Waals surface area contributed by atoms with E-state index in [0.29, 0.717) is 24.3 Å². The molecule has 4 rings (SSSR count). The second-order valence-corrected chi connectivity index (χ2v) is 7.81. The number of hydrogen-bond acceptors (Lipinski definition) is 2. The number of hydrogen-bond donors (Lipinski definition) is 2. The first-order valence-corrected chi connectivity index (χ1v) is 10.2. The normalized spacial score (nSPS) is 18.4. The van der Waals surface area contributed by atoms with Crippen LogP contribution in [0.25, 0.3) is 10.9 Å². The minimum Gasteiger partial charge on any atom is -0.490 e. The SMILES string of the molecule is C=CCCC(=O)Nc1c[nH]c2ccc(OC3CC(c4ccc(C(F)(F)F)cc4)C3)cc12. The average Bonchev–Trinajstić information content (AvgIpc) is 3.10. The zero-order valence-electron chi connectivity index (χ0n) is 16.8. The minimum absolute atomic E-state index is 0.00863. The number of benzene rings is 2. The highest BCUT2D eigenvalue weighted by atomic mass is 19.4. The fraction of sp³-hybridized carbons (Fsp3) is 0.292. The van der Waals surface area contributed by atoms with E-state index in [1.165, 1.54) is 0 Å². The summed E-state index contributed by atoms with van der Waals surface area (Å²) in [4.78, 5) is 15.1. The van der Waals surface area contributed by atoms with E-state index < -0.39 is 11.7 Å². The van der Waals surface area contributed by atoms with Crippen LogP contribution in [0.3, 0.4) is 0 Å². The van der Waals surface area contributed by atoms with Crippen LogP contribution in [0.15, 0.2) is 61.3 Å². The van der Waals surface area contributed by atoms with Crippen LogP contribution < -0.4 is 10.1 Å². The Bertz CT molecular complexity index is 1080. The quantitative estimate of drug-likeness (QED) is 0.427. The second kappa shape index (κ2) is 8.49. The molecule has 1 fully saturated rings. The number of H-pyrrole nitrogens is 1. The van der Waals surface area contributed by atoms with Crippen molar-refractivity contribution in [2.24, 2.45) is 0 Å². The van der Waals surface area contributed by atoms with Gasteiger partial charge in [0.2, 0.25) is 5.91 Å². The van der Waals surface area contributed by atoms with Crippen molar-refractivity contribution in [2.75, 3.05) is 5.32 Å². The van der Waals surface area contributed by atoms with Crippen molar-refractivity contribution in [1.82, 2.24) is 4.98 Å². The molecule has 1 saturated carbocycles.